The summed E-state index contributed by atoms with van der Waals surface area (Å²) in [6.45, 7) is 18.1. The summed E-state index contributed by atoms with van der Waals surface area (Å²) in [6.07, 6.45) is 12.7. The van der Waals surface area contributed by atoms with E-state index in [1.165, 1.54) is 16.1 Å². The zero-order valence-corrected chi connectivity index (χ0v) is 12.9. The topological polar surface area (TPSA) is 3.24 Å². The predicted molar refractivity (Wildman–Crippen MR) is 93.7 cm³/mol. The summed E-state index contributed by atoms with van der Waals surface area (Å²) in [5.41, 5.74) is 2.55. The highest BCUT2D eigenvalue weighted by Gasteiger charge is 2.17. The van der Waals surface area contributed by atoms with Gasteiger partial charge >= 0.3 is 0 Å². The predicted octanol–water partition coefficient (Wildman–Crippen LogP) is 4.86. The van der Waals surface area contributed by atoms with Crippen molar-refractivity contribution in [3.63, 3.8) is 0 Å². The molecule has 0 saturated heterocycles. The van der Waals surface area contributed by atoms with Crippen molar-refractivity contribution in [1.29, 1.82) is 0 Å². The zero-order chi connectivity index (χ0) is 14.8. The number of allylic oxidation sites excluding steroid dienone is 4. The van der Waals surface area contributed by atoms with Crippen LogP contribution >= 0.6 is 11.8 Å². The van der Waals surface area contributed by atoms with Gasteiger partial charge in [0.05, 0.1) is 0 Å². The molecule has 1 rings (SSSR count). The second-order valence-corrected chi connectivity index (χ2v) is 5.53. The van der Waals surface area contributed by atoms with Crippen molar-refractivity contribution in [2.45, 2.75) is 6.42 Å². The summed E-state index contributed by atoms with van der Waals surface area (Å²) < 4.78 is 0. The molecule has 0 aromatic heterocycles. The van der Waals surface area contributed by atoms with Crippen LogP contribution in [0.1, 0.15) is 6.42 Å². The normalized spacial score (nSPS) is 17.3. The molecule has 20 heavy (non-hydrogen) atoms. The fourth-order valence-electron chi connectivity index (χ4n) is 2.14. The van der Waals surface area contributed by atoms with E-state index in [-0.39, 0.29) is 0 Å². The van der Waals surface area contributed by atoms with Gasteiger partial charge in [-0.2, -0.15) is 0 Å². The van der Waals surface area contributed by atoms with Gasteiger partial charge in [-0.15, -0.1) is 11.8 Å². The third kappa shape index (κ3) is 5.24. The van der Waals surface area contributed by atoms with Gasteiger partial charge in [0.15, 0.2) is 0 Å². The standard InChI is InChI=1S/C18H23NS/c1-5-9-11-16(10-6-2)14-19-13-12-18(20-8-4)17(7-3)15-19/h5-11H,1-4,12-15H2/b11-9-,16-10+. The average molecular weight is 285 g/mol. The Bertz CT molecular complexity index is 466. The lowest BCUT2D eigenvalue weighted by molar-refractivity contribution is 0.318. The Kier molecular flexibility index (Phi) is 7.78. The minimum atomic E-state index is 0.916. The molecule has 106 valence electrons. The summed E-state index contributed by atoms with van der Waals surface area (Å²) in [5, 5.41) is 1.89. The van der Waals surface area contributed by atoms with Crippen molar-refractivity contribution in [1.82, 2.24) is 4.90 Å². The average Bonchev–Trinajstić information content (AvgIpc) is 2.46. The maximum absolute atomic E-state index is 3.93. The van der Waals surface area contributed by atoms with Crippen molar-refractivity contribution < 1.29 is 0 Å². The van der Waals surface area contributed by atoms with Gasteiger partial charge in [0.2, 0.25) is 0 Å². The smallest absolute Gasteiger partial charge is 0.0245 e. The molecule has 1 heterocycles. The molecule has 0 fully saturated rings. The van der Waals surface area contributed by atoms with Crippen molar-refractivity contribution in [3.05, 3.63) is 84.2 Å². The van der Waals surface area contributed by atoms with Crippen LogP contribution in [0.25, 0.3) is 0 Å². The van der Waals surface area contributed by atoms with Crippen molar-refractivity contribution >= 4 is 11.8 Å². The molecule has 0 radical (unpaired) electrons. The fourth-order valence-corrected chi connectivity index (χ4v) is 2.85. The number of hydrogen-bond acceptors (Lipinski definition) is 2. The number of hydrogen-bond donors (Lipinski definition) is 0. The first kappa shape index (κ1) is 16.5. The summed E-state index contributed by atoms with van der Waals surface area (Å²) in [4.78, 5) is 3.81. The molecule has 1 aliphatic rings. The molecule has 0 aromatic rings. The Balaban J connectivity index is 2.75. The summed E-state index contributed by atoms with van der Waals surface area (Å²) in [5.74, 6) is 0. The Morgan fingerprint density at radius 3 is 2.60 bits per heavy atom. The van der Waals surface area contributed by atoms with E-state index in [4.69, 9.17) is 0 Å². The van der Waals surface area contributed by atoms with E-state index in [0.29, 0.717) is 0 Å². The van der Waals surface area contributed by atoms with E-state index < -0.39 is 0 Å². The van der Waals surface area contributed by atoms with E-state index in [1.54, 1.807) is 17.8 Å². The number of rotatable bonds is 8. The lowest BCUT2D eigenvalue weighted by atomic mass is 10.1. The van der Waals surface area contributed by atoms with Gasteiger partial charge in [0.25, 0.3) is 0 Å². The monoisotopic (exact) mass is 285 g/mol. The molecule has 0 unspecified atom stereocenters. The SMILES string of the molecule is C=C/C=C\C(=C/C=C)CN1CCC(SC=C)=C(C=C)C1. The minimum Gasteiger partial charge on any atom is -0.294 e. The molecule has 0 N–H and O–H groups in total. The van der Waals surface area contributed by atoms with Crippen molar-refractivity contribution in [2.24, 2.45) is 0 Å². The van der Waals surface area contributed by atoms with Gasteiger partial charge in [-0.3, -0.25) is 4.90 Å². The van der Waals surface area contributed by atoms with Crippen molar-refractivity contribution in [3.8, 4) is 0 Å². The molecule has 0 saturated carbocycles. The van der Waals surface area contributed by atoms with Crippen LogP contribution in [0.2, 0.25) is 0 Å². The van der Waals surface area contributed by atoms with Gasteiger partial charge in [-0.25, -0.2) is 0 Å². The molecule has 0 amide bonds. The minimum absolute atomic E-state index is 0.916. The van der Waals surface area contributed by atoms with Crippen molar-refractivity contribution in [2.75, 3.05) is 19.6 Å². The summed E-state index contributed by atoms with van der Waals surface area (Å²) >= 11 is 1.72. The first-order valence-electron chi connectivity index (χ1n) is 6.70. The molecular formula is C18H23NS. The van der Waals surface area contributed by atoms with Crippen LogP contribution in [-0.4, -0.2) is 24.5 Å². The van der Waals surface area contributed by atoms with E-state index in [0.717, 1.165) is 26.1 Å². The van der Waals surface area contributed by atoms with Gasteiger partial charge in [-0.05, 0) is 27.9 Å². The van der Waals surface area contributed by atoms with Crippen LogP contribution in [0.15, 0.2) is 84.2 Å². The molecule has 0 aliphatic carbocycles. The molecule has 1 aliphatic heterocycles. The van der Waals surface area contributed by atoms with E-state index in [9.17, 15) is 0 Å². The maximum Gasteiger partial charge on any atom is 0.0245 e. The molecule has 0 aromatic carbocycles. The second kappa shape index (κ2) is 9.40. The Morgan fingerprint density at radius 2 is 2.00 bits per heavy atom. The third-order valence-corrected chi connectivity index (χ3v) is 3.98. The van der Waals surface area contributed by atoms with Crippen LogP contribution < -0.4 is 0 Å². The molecule has 2 heteroatoms. The van der Waals surface area contributed by atoms with E-state index >= 15 is 0 Å². The summed E-state index contributed by atoms with van der Waals surface area (Å²) in [7, 11) is 0. The lowest BCUT2D eigenvalue weighted by Gasteiger charge is -2.29. The molecule has 1 nitrogen and oxygen atoms in total. The largest absolute Gasteiger partial charge is 0.294 e. The zero-order valence-electron chi connectivity index (χ0n) is 12.1. The highest BCUT2D eigenvalue weighted by atomic mass is 32.2. The highest BCUT2D eigenvalue weighted by molar-refractivity contribution is 8.05. The quantitative estimate of drug-likeness (QED) is 0.586. The Labute approximate surface area is 127 Å². The van der Waals surface area contributed by atoms with Gasteiger partial charge in [-0.1, -0.05) is 62.8 Å². The molecular weight excluding hydrogens is 262 g/mol. The molecule has 0 bridgehead atoms. The number of nitrogens with zero attached hydrogens (tertiary/aromatic N) is 1. The van der Waals surface area contributed by atoms with Gasteiger partial charge in [0.1, 0.15) is 0 Å². The maximum atomic E-state index is 3.93. The highest BCUT2D eigenvalue weighted by Crippen LogP contribution is 2.29. The Hall–Kier alpha value is -1.51. The van der Waals surface area contributed by atoms with E-state index in [1.807, 2.05) is 29.7 Å². The first-order chi connectivity index (χ1) is 9.74. The van der Waals surface area contributed by atoms with Gasteiger partial charge < -0.3 is 0 Å². The number of thioether (sulfide) groups is 1. The summed E-state index contributed by atoms with van der Waals surface area (Å²) in [6, 6.07) is 0. The fraction of sp³-hybridized carbons (Fsp3) is 0.222. The second-order valence-electron chi connectivity index (χ2n) is 4.47. The van der Waals surface area contributed by atoms with Crippen LogP contribution in [0.5, 0.6) is 0 Å². The van der Waals surface area contributed by atoms with Crippen LogP contribution in [0, 0.1) is 0 Å². The van der Waals surface area contributed by atoms with Gasteiger partial charge in [0, 0.05) is 19.6 Å². The lowest BCUT2D eigenvalue weighted by Crippen LogP contribution is -2.32. The van der Waals surface area contributed by atoms with Crippen LogP contribution in [-0.2, 0) is 0 Å². The third-order valence-electron chi connectivity index (χ3n) is 3.06. The Morgan fingerprint density at radius 1 is 1.20 bits per heavy atom. The molecule has 0 atom stereocenters. The van der Waals surface area contributed by atoms with E-state index in [2.05, 4.69) is 37.3 Å². The first-order valence-corrected chi connectivity index (χ1v) is 7.58. The van der Waals surface area contributed by atoms with Crippen LogP contribution in [0.4, 0.5) is 0 Å². The molecule has 0 spiro atoms. The van der Waals surface area contributed by atoms with Crippen LogP contribution in [0.3, 0.4) is 0 Å².